The fourth-order valence-corrected chi connectivity index (χ4v) is 2.88. The Hall–Kier alpha value is -1.33. The number of nitrogens with one attached hydrogen (secondary N) is 1. The Morgan fingerprint density at radius 3 is 2.68 bits per heavy atom. The number of ketones is 1. The van der Waals surface area contributed by atoms with Crippen LogP contribution in [0, 0.1) is 3.57 Å². The minimum absolute atomic E-state index is 0.0125. The summed E-state index contributed by atoms with van der Waals surface area (Å²) in [7, 11) is 0. The summed E-state index contributed by atoms with van der Waals surface area (Å²) in [5.41, 5.74) is 2.28. The van der Waals surface area contributed by atoms with Crippen molar-refractivity contribution < 1.29 is 4.79 Å². The lowest BCUT2D eigenvalue weighted by Crippen LogP contribution is -2.02. The van der Waals surface area contributed by atoms with Gasteiger partial charge in [-0.3, -0.25) is 4.79 Å². The molecule has 0 aliphatic carbocycles. The molecule has 2 aromatic carbocycles. The fourth-order valence-electron chi connectivity index (χ4n) is 2.07. The number of carbonyl (C=O) groups excluding carboxylic acids is 1. The van der Waals surface area contributed by atoms with Gasteiger partial charge in [0.15, 0.2) is 5.78 Å². The molecule has 19 heavy (non-hydrogen) atoms. The first-order valence-electron chi connectivity index (χ1n) is 5.72. The van der Waals surface area contributed by atoms with E-state index in [9.17, 15) is 4.79 Å². The van der Waals surface area contributed by atoms with Gasteiger partial charge in [-0.15, -0.1) is 0 Å². The molecule has 1 aromatic heterocycles. The number of halogens is 2. The Bertz CT molecular complexity index is 779. The van der Waals surface area contributed by atoms with E-state index in [1.54, 1.807) is 12.3 Å². The number of aromatic nitrogens is 1. The molecule has 0 aliphatic rings. The van der Waals surface area contributed by atoms with Gasteiger partial charge in [0.05, 0.1) is 0 Å². The van der Waals surface area contributed by atoms with Crippen LogP contribution in [-0.4, -0.2) is 10.8 Å². The maximum atomic E-state index is 12.6. The third kappa shape index (κ3) is 2.28. The van der Waals surface area contributed by atoms with Crippen LogP contribution in [0.4, 0.5) is 0 Å². The number of benzene rings is 2. The molecule has 4 heteroatoms. The number of hydrogen-bond acceptors (Lipinski definition) is 1. The number of H-pyrrole nitrogens is 1. The van der Waals surface area contributed by atoms with Crippen molar-refractivity contribution in [1.82, 2.24) is 4.98 Å². The van der Waals surface area contributed by atoms with E-state index in [1.807, 2.05) is 36.4 Å². The molecule has 1 heterocycles. The molecule has 0 aliphatic heterocycles. The quantitative estimate of drug-likeness (QED) is 0.508. The molecule has 0 unspecified atom stereocenters. The largest absolute Gasteiger partial charge is 0.360 e. The first-order valence-corrected chi connectivity index (χ1v) is 7.18. The third-order valence-electron chi connectivity index (χ3n) is 3.01. The first kappa shape index (κ1) is 12.7. The van der Waals surface area contributed by atoms with Crippen molar-refractivity contribution >= 4 is 50.9 Å². The second-order valence-electron chi connectivity index (χ2n) is 4.20. The highest BCUT2D eigenvalue weighted by Crippen LogP contribution is 2.25. The predicted molar refractivity (Wildman–Crippen MR) is 85.9 cm³/mol. The molecule has 3 rings (SSSR count). The third-order valence-corrected chi connectivity index (χ3v) is 4.18. The molecule has 3 aromatic rings. The highest BCUT2D eigenvalue weighted by molar-refractivity contribution is 14.1. The molecule has 0 bridgehead atoms. The van der Waals surface area contributed by atoms with Gasteiger partial charge in [0.25, 0.3) is 0 Å². The number of rotatable bonds is 2. The summed E-state index contributed by atoms with van der Waals surface area (Å²) in [5, 5.41) is 1.49. The molecular formula is C15H9ClINO. The van der Waals surface area contributed by atoms with Crippen molar-refractivity contribution in [2.75, 3.05) is 0 Å². The Morgan fingerprint density at radius 2 is 1.89 bits per heavy atom. The monoisotopic (exact) mass is 381 g/mol. The summed E-state index contributed by atoms with van der Waals surface area (Å²) in [6.07, 6.45) is 1.74. The molecule has 0 spiro atoms. The smallest absolute Gasteiger partial charge is 0.196 e. The minimum atomic E-state index is 0.0125. The van der Waals surface area contributed by atoms with Crippen LogP contribution in [0.1, 0.15) is 15.9 Å². The lowest BCUT2D eigenvalue weighted by Gasteiger charge is -2.02. The number of hydrogen-bond donors (Lipinski definition) is 1. The van der Waals surface area contributed by atoms with Crippen molar-refractivity contribution in [2.24, 2.45) is 0 Å². The minimum Gasteiger partial charge on any atom is -0.360 e. The lowest BCUT2D eigenvalue weighted by atomic mass is 10.0. The maximum absolute atomic E-state index is 12.6. The van der Waals surface area contributed by atoms with E-state index in [0.717, 1.165) is 14.5 Å². The van der Waals surface area contributed by atoms with Gasteiger partial charge in [-0.25, -0.2) is 0 Å². The van der Waals surface area contributed by atoms with Gasteiger partial charge in [0, 0.05) is 36.8 Å². The molecule has 2 nitrogen and oxygen atoms in total. The van der Waals surface area contributed by atoms with Crippen molar-refractivity contribution in [1.29, 1.82) is 0 Å². The maximum Gasteiger partial charge on any atom is 0.196 e. The van der Waals surface area contributed by atoms with E-state index in [-0.39, 0.29) is 5.78 Å². The Kier molecular flexibility index (Phi) is 3.33. The first-order chi connectivity index (χ1) is 9.16. The standard InChI is InChI=1S/C15H9ClINO/c16-9-5-6-14-11(7-9)12(8-18-14)15(19)10-3-1-2-4-13(10)17/h1-8,18H. The molecular weight excluding hydrogens is 373 g/mol. The zero-order valence-electron chi connectivity index (χ0n) is 9.78. The SMILES string of the molecule is O=C(c1ccccc1I)c1c[nH]c2ccc(Cl)cc12. The molecule has 0 saturated carbocycles. The average molecular weight is 382 g/mol. The van der Waals surface area contributed by atoms with Gasteiger partial charge in [0.2, 0.25) is 0 Å². The van der Waals surface area contributed by atoms with E-state index in [1.165, 1.54) is 0 Å². The summed E-state index contributed by atoms with van der Waals surface area (Å²) < 4.78 is 0.946. The summed E-state index contributed by atoms with van der Waals surface area (Å²) in [5.74, 6) is 0.0125. The topological polar surface area (TPSA) is 32.9 Å². The molecule has 1 N–H and O–H groups in total. The van der Waals surface area contributed by atoms with Gasteiger partial charge < -0.3 is 4.98 Å². The average Bonchev–Trinajstić information content (AvgIpc) is 2.81. The van der Waals surface area contributed by atoms with Crippen LogP contribution in [0.25, 0.3) is 10.9 Å². The van der Waals surface area contributed by atoms with Crippen molar-refractivity contribution in [3.63, 3.8) is 0 Å². The second kappa shape index (κ2) is 4.98. The second-order valence-corrected chi connectivity index (χ2v) is 5.80. The number of aromatic amines is 1. The molecule has 0 atom stereocenters. The van der Waals surface area contributed by atoms with Crippen LogP contribution in [0.3, 0.4) is 0 Å². The van der Waals surface area contributed by atoms with Crippen molar-refractivity contribution in [3.05, 3.63) is 68.4 Å². The van der Waals surface area contributed by atoms with E-state index in [2.05, 4.69) is 27.6 Å². The van der Waals surface area contributed by atoms with Gasteiger partial charge in [-0.1, -0.05) is 23.7 Å². The van der Waals surface area contributed by atoms with Gasteiger partial charge in [0.1, 0.15) is 0 Å². The normalized spacial score (nSPS) is 10.8. The number of carbonyl (C=O) groups is 1. The zero-order chi connectivity index (χ0) is 13.4. The summed E-state index contributed by atoms with van der Waals surface area (Å²) in [4.78, 5) is 15.7. The summed E-state index contributed by atoms with van der Waals surface area (Å²) in [6.45, 7) is 0. The van der Waals surface area contributed by atoms with Gasteiger partial charge >= 0.3 is 0 Å². The predicted octanol–water partition coefficient (Wildman–Crippen LogP) is 4.66. The molecule has 0 fully saturated rings. The highest BCUT2D eigenvalue weighted by atomic mass is 127. The van der Waals surface area contributed by atoms with Gasteiger partial charge in [-0.2, -0.15) is 0 Å². The van der Waals surface area contributed by atoms with Gasteiger partial charge in [-0.05, 0) is 52.9 Å². The van der Waals surface area contributed by atoms with E-state index < -0.39 is 0 Å². The molecule has 0 radical (unpaired) electrons. The lowest BCUT2D eigenvalue weighted by molar-refractivity contribution is 0.103. The van der Waals surface area contributed by atoms with Crippen LogP contribution in [-0.2, 0) is 0 Å². The Morgan fingerprint density at radius 1 is 1.11 bits per heavy atom. The van der Waals surface area contributed by atoms with Crippen LogP contribution in [0.2, 0.25) is 5.02 Å². The summed E-state index contributed by atoms with van der Waals surface area (Å²) in [6, 6.07) is 13.1. The van der Waals surface area contributed by atoms with Crippen LogP contribution in [0.5, 0.6) is 0 Å². The number of fused-ring (bicyclic) bond motifs is 1. The van der Waals surface area contributed by atoms with Crippen LogP contribution >= 0.6 is 34.2 Å². The molecule has 94 valence electrons. The van der Waals surface area contributed by atoms with Crippen LogP contribution in [0.15, 0.2) is 48.7 Å². The highest BCUT2D eigenvalue weighted by Gasteiger charge is 2.16. The summed E-state index contributed by atoms with van der Waals surface area (Å²) >= 11 is 8.18. The van der Waals surface area contributed by atoms with E-state index in [4.69, 9.17) is 11.6 Å². The Balaban J connectivity index is 2.17. The van der Waals surface area contributed by atoms with E-state index >= 15 is 0 Å². The fraction of sp³-hybridized carbons (Fsp3) is 0. The molecule has 0 saturated heterocycles. The van der Waals surface area contributed by atoms with Crippen LogP contribution < -0.4 is 0 Å². The Labute approximate surface area is 128 Å². The van der Waals surface area contributed by atoms with E-state index in [0.29, 0.717) is 16.1 Å². The van der Waals surface area contributed by atoms with Crippen molar-refractivity contribution in [2.45, 2.75) is 0 Å². The zero-order valence-corrected chi connectivity index (χ0v) is 12.7. The van der Waals surface area contributed by atoms with Crippen molar-refractivity contribution in [3.8, 4) is 0 Å². The molecule has 0 amide bonds.